The van der Waals surface area contributed by atoms with Crippen LogP contribution in [0.3, 0.4) is 0 Å². The molecule has 2 heterocycles. The van der Waals surface area contributed by atoms with Gasteiger partial charge in [-0.15, -0.1) is 0 Å². The van der Waals surface area contributed by atoms with Crippen molar-refractivity contribution in [1.29, 1.82) is 0 Å². The summed E-state index contributed by atoms with van der Waals surface area (Å²) in [6.07, 6.45) is 3.71. The van der Waals surface area contributed by atoms with Crippen LogP contribution in [0.25, 0.3) is 11.3 Å². The fourth-order valence-electron chi connectivity index (χ4n) is 5.22. The molecule has 1 aromatic heterocycles. The lowest BCUT2D eigenvalue weighted by Gasteiger charge is -2.33. The Morgan fingerprint density at radius 1 is 0.897 bits per heavy atom. The average Bonchev–Trinajstić information content (AvgIpc) is 2.98. The number of morpholine rings is 1. The third kappa shape index (κ3) is 5.62. The van der Waals surface area contributed by atoms with Crippen LogP contribution in [0.5, 0.6) is 0 Å². The first-order valence-electron chi connectivity index (χ1n) is 13.4. The molecule has 0 saturated carbocycles. The number of hydrogen-bond donors (Lipinski definition) is 3. The molecule has 1 atom stereocenters. The van der Waals surface area contributed by atoms with Gasteiger partial charge in [-0.1, -0.05) is 36.4 Å². The van der Waals surface area contributed by atoms with Gasteiger partial charge in [0.1, 0.15) is 5.54 Å². The van der Waals surface area contributed by atoms with Crippen LogP contribution >= 0.6 is 0 Å². The van der Waals surface area contributed by atoms with Crippen LogP contribution in [0.15, 0.2) is 85.1 Å². The van der Waals surface area contributed by atoms with E-state index in [1.807, 2.05) is 54.6 Å². The van der Waals surface area contributed by atoms with Crippen LogP contribution in [-0.4, -0.2) is 47.7 Å². The Morgan fingerprint density at radius 3 is 2.38 bits per heavy atom. The SMILES string of the molecule is NC1(C(=O)Nc2ccc(-c3ccnc(Nc4ccc(N5CCOCC5)cc4)n3)cc2)CCc2ccccc2C1. The Morgan fingerprint density at radius 2 is 1.62 bits per heavy atom. The molecule has 8 nitrogen and oxygen atoms in total. The minimum Gasteiger partial charge on any atom is -0.378 e. The number of anilines is 4. The molecule has 4 aromatic rings. The summed E-state index contributed by atoms with van der Waals surface area (Å²) in [5, 5.41) is 6.31. The molecule has 2 aliphatic rings. The van der Waals surface area contributed by atoms with Gasteiger partial charge in [-0.05, 0) is 72.9 Å². The third-order valence-electron chi connectivity index (χ3n) is 7.51. The highest BCUT2D eigenvalue weighted by Crippen LogP contribution is 2.29. The second kappa shape index (κ2) is 10.8. The minimum atomic E-state index is -0.916. The van der Waals surface area contributed by atoms with Crippen molar-refractivity contribution >= 4 is 28.9 Å². The number of amides is 1. The second-order valence-electron chi connectivity index (χ2n) is 10.2. The van der Waals surface area contributed by atoms with Crippen molar-refractivity contribution in [2.75, 3.05) is 41.8 Å². The standard InChI is InChI=1S/C31H32N6O2/c32-31(15-13-22-3-1-2-4-24(22)21-31)29(38)34-25-7-5-23(6-8-25)28-14-16-33-30(36-28)35-26-9-11-27(12-10-26)37-17-19-39-20-18-37/h1-12,14,16H,13,15,17-21,32H2,(H,34,38)(H,33,35,36). The normalized spacial score (nSPS) is 18.7. The van der Waals surface area contributed by atoms with Gasteiger partial charge in [-0.2, -0.15) is 0 Å². The van der Waals surface area contributed by atoms with E-state index in [-0.39, 0.29) is 5.91 Å². The lowest BCUT2D eigenvalue weighted by Crippen LogP contribution is -2.54. The van der Waals surface area contributed by atoms with E-state index in [0.29, 0.717) is 24.5 Å². The van der Waals surface area contributed by atoms with E-state index in [1.54, 1.807) is 6.20 Å². The Bertz CT molecular complexity index is 1450. The summed E-state index contributed by atoms with van der Waals surface area (Å²) >= 11 is 0. The van der Waals surface area contributed by atoms with Gasteiger partial charge in [-0.25, -0.2) is 9.97 Å². The number of nitrogens with zero attached hydrogens (tertiary/aromatic N) is 3. The monoisotopic (exact) mass is 520 g/mol. The smallest absolute Gasteiger partial charge is 0.244 e. The zero-order valence-electron chi connectivity index (χ0n) is 21.8. The van der Waals surface area contributed by atoms with Gasteiger partial charge in [-0.3, -0.25) is 4.79 Å². The van der Waals surface area contributed by atoms with Gasteiger partial charge >= 0.3 is 0 Å². The summed E-state index contributed by atoms with van der Waals surface area (Å²) in [7, 11) is 0. The summed E-state index contributed by atoms with van der Waals surface area (Å²) in [6, 6.07) is 26.0. The van der Waals surface area contributed by atoms with Gasteiger partial charge in [0.15, 0.2) is 0 Å². The van der Waals surface area contributed by atoms with Crippen LogP contribution < -0.4 is 21.3 Å². The van der Waals surface area contributed by atoms with Gasteiger partial charge in [0, 0.05) is 41.9 Å². The predicted octanol–water partition coefficient (Wildman–Crippen LogP) is 4.55. The van der Waals surface area contributed by atoms with Gasteiger partial charge in [0.2, 0.25) is 11.9 Å². The number of ether oxygens (including phenoxy) is 1. The maximum Gasteiger partial charge on any atom is 0.244 e. The van der Waals surface area contributed by atoms with Crippen molar-refractivity contribution in [2.24, 2.45) is 5.73 Å². The summed E-state index contributed by atoms with van der Waals surface area (Å²) < 4.78 is 5.44. The molecule has 1 unspecified atom stereocenters. The van der Waals surface area contributed by atoms with Crippen molar-refractivity contribution in [3.05, 3.63) is 96.2 Å². The Labute approximate surface area is 228 Å². The fraction of sp³-hybridized carbons (Fsp3) is 0.258. The highest BCUT2D eigenvalue weighted by molar-refractivity contribution is 5.98. The number of nitrogens with one attached hydrogen (secondary N) is 2. The number of hydrogen-bond acceptors (Lipinski definition) is 7. The Hall–Kier alpha value is -4.27. The van der Waals surface area contributed by atoms with Gasteiger partial charge in [0.05, 0.1) is 18.9 Å². The predicted molar refractivity (Wildman–Crippen MR) is 154 cm³/mol. The highest BCUT2D eigenvalue weighted by atomic mass is 16.5. The first kappa shape index (κ1) is 25.0. The minimum absolute atomic E-state index is 0.155. The van der Waals surface area contributed by atoms with Gasteiger partial charge in [0.25, 0.3) is 0 Å². The lowest BCUT2D eigenvalue weighted by molar-refractivity contribution is -0.121. The molecular weight excluding hydrogens is 488 g/mol. The molecule has 198 valence electrons. The first-order valence-corrected chi connectivity index (χ1v) is 13.4. The molecule has 1 amide bonds. The molecule has 3 aromatic carbocycles. The number of aromatic nitrogens is 2. The number of benzene rings is 3. The van der Waals surface area contributed by atoms with E-state index in [4.69, 9.17) is 15.5 Å². The highest BCUT2D eigenvalue weighted by Gasteiger charge is 2.37. The molecule has 0 spiro atoms. The number of fused-ring (bicyclic) bond motifs is 1. The zero-order chi connectivity index (χ0) is 26.7. The number of carbonyl (C=O) groups is 1. The van der Waals surface area contributed by atoms with E-state index in [1.165, 1.54) is 11.3 Å². The molecule has 1 aliphatic heterocycles. The van der Waals surface area contributed by atoms with E-state index in [0.717, 1.165) is 55.2 Å². The van der Waals surface area contributed by atoms with Crippen molar-refractivity contribution in [3.8, 4) is 11.3 Å². The second-order valence-corrected chi connectivity index (χ2v) is 10.2. The summed E-state index contributed by atoms with van der Waals surface area (Å²) in [5.41, 5.74) is 12.6. The van der Waals surface area contributed by atoms with E-state index in [2.05, 4.69) is 44.8 Å². The molecule has 4 N–H and O–H groups in total. The van der Waals surface area contributed by atoms with Crippen LogP contribution in [0.2, 0.25) is 0 Å². The van der Waals surface area contributed by atoms with E-state index in [9.17, 15) is 4.79 Å². The molecule has 1 fully saturated rings. The van der Waals surface area contributed by atoms with E-state index < -0.39 is 5.54 Å². The largest absolute Gasteiger partial charge is 0.378 e. The number of nitrogens with two attached hydrogens (primary N) is 1. The summed E-state index contributed by atoms with van der Waals surface area (Å²) in [4.78, 5) is 24.5. The van der Waals surface area contributed by atoms with Crippen LogP contribution in [0.1, 0.15) is 17.5 Å². The quantitative estimate of drug-likeness (QED) is 0.343. The molecule has 1 saturated heterocycles. The number of rotatable bonds is 6. The molecule has 0 radical (unpaired) electrons. The molecule has 0 bridgehead atoms. The summed E-state index contributed by atoms with van der Waals surface area (Å²) in [5.74, 6) is 0.365. The van der Waals surface area contributed by atoms with Crippen LogP contribution in [0, 0.1) is 0 Å². The molecule has 1 aliphatic carbocycles. The molecule has 8 heteroatoms. The van der Waals surface area contributed by atoms with Crippen molar-refractivity contribution in [3.63, 3.8) is 0 Å². The molecular formula is C31H32N6O2. The molecule has 39 heavy (non-hydrogen) atoms. The third-order valence-corrected chi connectivity index (χ3v) is 7.51. The van der Waals surface area contributed by atoms with Crippen molar-refractivity contribution in [2.45, 2.75) is 24.8 Å². The zero-order valence-corrected chi connectivity index (χ0v) is 21.8. The molecule has 6 rings (SSSR count). The average molecular weight is 521 g/mol. The topological polar surface area (TPSA) is 105 Å². The lowest BCUT2D eigenvalue weighted by atomic mass is 9.78. The Balaban J connectivity index is 1.10. The van der Waals surface area contributed by atoms with Crippen LogP contribution in [-0.2, 0) is 22.4 Å². The Kier molecular flexibility index (Phi) is 6.96. The fourth-order valence-corrected chi connectivity index (χ4v) is 5.22. The van der Waals surface area contributed by atoms with E-state index >= 15 is 0 Å². The van der Waals surface area contributed by atoms with Gasteiger partial charge < -0.3 is 26.0 Å². The maximum absolute atomic E-state index is 13.1. The maximum atomic E-state index is 13.1. The summed E-state index contributed by atoms with van der Waals surface area (Å²) in [6.45, 7) is 3.33. The van der Waals surface area contributed by atoms with Crippen molar-refractivity contribution < 1.29 is 9.53 Å². The number of carbonyl (C=O) groups excluding carboxylic acids is 1. The first-order chi connectivity index (χ1) is 19.1. The van der Waals surface area contributed by atoms with Crippen molar-refractivity contribution in [1.82, 2.24) is 9.97 Å². The number of aryl methyl sites for hydroxylation is 1. The van der Waals surface area contributed by atoms with Crippen LogP contribution in [0.4, 0.5) is 23.0 Å².